The van der Waals surface area contributed by atoms with Crippen molar-refractivity contribution in [1.82, 2.24) is 0 Å². The molecule has 0 aliphatic carbocycles. The third-order valence-electron chi connectivity index (χ3n) is 3.62. The molecule has 5 nitrogen and oxygen atoms in total. The Morgan fingerprint density at radius 1 is 0.815 bits per heavy atom. The van der Waals surface area contributed by atoms with E-state index >= 15 is 0 Å². The molecular formula is C21H17BrN2O3. The summed E-state index contributed by atoms with van der Waals surface area (Å²) < 4.78 is 6.32. The summed E-state index contributed by atoms with van der Waals surface area (Å²) in [6, 6.07) is 23.1. The van der Waals surface area contributed by atoms with Gasteiger partial charge in [0.2, 0.25) is 0 Å². The molecule has 6 heteroatoms. The largest absolute Gasteiger partial charge is 0.484 e. The average Bonchev–Trinajstić information content (AvgIpc) is 2.68. The van der Waals surface area contributed by atoms with Gasteiger partial charge >= 0.3 is 0 Å². The van der Waals surface area contributed by atoms with E-state index in [-0.39, 0.29) is 18.4 Å². The second kappa shape index (κ2) is 9.00. The molecule has 0 spiro atoms. The normalized spacial score (nSPS) is 10.1. The van der Waals surface area contributed by atoms with E-state index in [2.05, 4.69) is 26.6 Å². The van der Waals surface area contributed by atoms with Crippen molar-refractivity contribution >= 4 is 39.1 Å². The molecule has 0 aromatic heterocycles. The number of carbonyl (C=O) groups excluding carboxylic acids is 2. The third-order valence-corrected chi connectivity index (χ3v) is 4.15. The molecule has 0 saturated carbocycles. The van der Waals surface area contributed by atoms with Crippen molar-refractivity contribution < 1.29 is 14.3 Å². The van der Waals surface area contributed by atoms with Crippen LogP contribution >= 0.6 is 15.9 Å². The van der Waals surface area contributed by atoms with Gasteiger partial charge in [0.1, 0.15) is 5.75 Å². The number of carbonyl (C=O) groups is 2. The highest BCUT2D eigenvalue weighted by atomic mass is 79.9. The molecule has 136 valence electrons. The number of anilines is 2. The maximum absolute atomic E-state index is 12.3. The number of halogens is 1. The van der Waals surface area contributed by atoms with E-state index in [0.29, 0.717) is 22.7 Å². The molecule has 0 saturated heterocycles. The number of ether oxygens (including phenoxy) is 1. The van der Waals surface area contributed by atoms with Gasteiger partial charge in [-0.05, 0) is 54.6 Å². The van der Waals surface area contributed by atoms with E-state index in [9.17, 15) is 9.59 Å². The van der Waals surface area contributed by atoms with Crippen LogP contribution < -0.4 is 15.4 Å². The van der Waals surface area contributed by atoms with Crippen LogP contribution in [0.1, 0.15) is 10.4 Å². The lowest BCUT2D eigenvalue weighted by Gasteiger charge is -2.10. The van der Waals surface area contributed by atoms with E-state index in [1.54, 1.807) is 60.7 Å². The summed E-state index contributed by atoms with van der Waals surface area (Å²) in [6.07, 6.45) is 0. The van der Waals surface area contributed by atoms with Crippen molar-refractivity contribution in [1.29, 1.82) is 0 Å². The molecule has 2 N–H and O–H groups in total. The first-order valence-electron chi connectivity index (χ1n) is 8.25. The Bertz CT molecular complexity index is 928. The number of para-hydroxylation sites is 1. The van der Waals surface area contributed by atoms with Crippen molar-refractivity contribution in [2.45, 2.75) is 0 Å². The van der Waals surface area contributed by atoms with Crippen LogP contribution in [-0.4, -0.2) is 18.4 Å². The first-order valence-corrected chi connectivity index (χ1v) is 9.04. The molecule has 0 bridgehead atoms. The number of rotatable bonds is 6. The van der Waals surface area contributed by atoms with Gasteiger partial charge in [-0.2, -0.15) is 0 Å². The maximum Gasteiger partial charge on any atom is 0.262 e. The summed E-state index contributed by atoms with van der Waals surface area (Å²) in [5.74, 6) is 0.122. The fourth-order valence-electron chi connectivity index (χ4n) is 2.34. The van der Waals surface area contributed by atoms with E-state index in [4.69, 9.17) is 4.74 Å². The molecule has 2 amide bonds. The monoisotopic (exact) mass is 424 g/mol. The Hall–Kier alpha value is -3.12. The van der Waals surface area contributed by atoms with Gasteiger partial charge in [-0.3, -0.25) is 9.59 Å². The fourth-order valence-corrected chi connectivity index (χ4v) is 2.61. The number of nitrogens with one attached hydrogen (secondary N) is 2. The minimum atomic E-state index is -0.282. The Morgan fingerprint density at radius 2 is 1.48 bits per heavy atom. The van der Waals surface area contributed by atoms with Crippen molar-refractivity contribution in [3.8, 4) is 5.75 Å². The minimum absolute atomic E-state index is 0.0977. The highest BCUT2D eigenvalue weighted by Gasteiger charge is 2.08. The van der Waals surface area contributed by atoms with Gasteiger partial charge in [0.05, 0.1) is 0 Å². The predicted octanol–water partition coefficient (Wildman–Crippen LogP) is 4.72. The Balaban J connectivity index is 1.57. The number of amides is 2. The van der Waals surface area contributed by atoms with Crippen molar-refractivity contribution in [2.75, 3.05) is 17.2 Å². The van der Waals surface area contributed by atoms with E-state index in [1.165, 1.54) is 0 Å². The molecule has 3 rings (SSSR count). The summed E-state index contributed by atoms with van der Waals surface area (Å²) in [6.45, 7) is -0.0977. The zero-order chi connectivity index (χ0) is 19.1. The van der Waals surface area contributed by atoms with Crippen LogP contribution in [-0.2, 0) is 4.79 Å². The lowest BCUT2D eigenvalue weighted by atomic mass is 10.2. The molecule has 0 unspecified atom stereocenters. The van der Waals surface area contributed by atoms with Gasteiger partial charge in [-0.15, -0.1) is 0 Å². The summed E-state index contributed by atoms with van der Waals surface area (Å²) in [5, 5.41) is 5.56. The van der Waals surface area contributed by atoms with Crippen LogP contribution in [0.4, 0.5) is 11.4 Å². The van der Waals surface area contributed by atoms with Gasteiger partial charge < -0.3 is 15.4 Å². The SMILES string of the molecule is O=C(COc1ccccc1)Nc1cccc(NC(=O)c2ccc(Br)cc2)c1. The van der Waals surface area contributed by atoms with Gasteiger partial charge in [0.25, 0.3) is 11.8 Å². The quantitative estimate of drug-likeness (QED) is 0.601. The van der Waals surface area contributed by atoms with Crippen molar-refractivity contribution in [3.63, 3.8) is 0 Å². The highest BCUT2D eigenvalue weighted by molar-refractivity contribution is 9.10. The lowest BCUT2D eigenvalue weighted by Crippen LogP contribution is -2.20. The lowest BCUT2D eigenvalue weighted by molar-refractivity contribution is -0.118. The van der Waals surface area contributed by atoms with Crippen LogP contribution in [0.15, 0.2) is 83.3 Å². The third kappa shape index (κ3) is 5.69. The zero-order valence-corrected chi connectivity index (χ0v) is 15.9. The Labute approximate surface area is 165 Å². The standard InChI is InChI=1S/C21H17BrN2O3/c22-16-11-9-15(10-12-16)21(26)24-18-6-4-5-17(13-18)23-20(25)14-27-19-7-2-1-3-8-19/h1-13H,14H2,(H,23,25)(H,24,26). The minimum Gasteiger partial charge on any atom is -0.484 e. The van der Waals surface area contributed by atoms with Crippen LogP contribution in [0.2, 0.25) is 0 Å². The van der Waals surface area contributed by atoms with Crippen LogP contribution in [0.5, 0.6) is 5.75 Å². The molecule has 3 aromatic carbocycles. The number of hydrogen-bond donors (Lipinski definition) is 2. The van der Waals surface area contributed by atoms with Gasteiger partial charge in [0.15, 0.2) is 6.61 Å². The Kier molecular flexibility index (Phi) is 6.22. The Morgan fingerprint density at radius 3 is 2.19 bits per heavy atom. The van der Waals surface area contributed by atoms with Crippen molar-refractivity contribution in [2.24, 2.45) is 0 Å². The molecular weight excluding hydrogens is 408 g/mol. The van der Waals surface area contributed by atoms with Gasteiger partial charge in [0, 0.05) is 21.4 Å². The molecule has 0 aliphatic rings. The number of benzene rings is 3. The first kappa shape index (κ1) is 18.7. The average molecular weight is 425 g/mol. The zero-order valence-electron chi connectivity index (χ0n) is 14.3. The molecule has 0 heterocycles. The second-order valence-corrected chi connectivity index (χ2v) is 6.61. The van der Waals surface area contributed by atoms with Crippen LogP contribution in [0, 0.1) is 0 Å². The summed E-state index contributed by atoms with van der Waals surface area (Å²) in [5.41, 5.74) is 1.71. The summed E-state index contributed by atoms with van der Waals surface area (Å²) >= 11 is 3.34. The van der Waals surface area contributed by atoms with Crippen LogP contribution in [0.25, 0.3) is 0 Å². The molecule has 27 heavy (non-hydrogen) atoms. The maximum atomic E-state index is 12.3. The smallest absolute Gasteiger partial charge is 0.262 e. The molecule has 0 atom stereocenters. The fraction of sp³-hybridized carbons (Fsp3) is 0.0476. The van der Waals surface area contributed by atoms with E-state index in [1.807, 2.05) is 18.2 Å². The molecule has 3 aromatic rings. The summed E-state index contributed by atoms with van der Waals surface area (Å²) in [7, 11) is 0. The van der Waals surface area contributed by atoms with E-state index < -0.39 is 0 Å². The summed E-state index contributed by atoms with van der Waals surface area (Å²) in [4.78, 5) is 24.3. The van der Waals surface area contributed by atoms with Crippen LogP contribution in [0.3, 0.4) is 0 Å². The van der Waals surface area contributed by atoms with Gasteiger partial charge in [-0.25, -0.2) is 0 Å². The highest BCUT2D eigenvalue weighted by Crippen LogP contribution is 2.17. The topological polar surface area (TPSA) is 67.4 Å². The van der Waals surface area contributed by atoms with Crippen molar-refractivity contribution in [3.05, 3.63) is 88.9 Å². The van der Waals surface area contributed by atoms with E-state index in [0.717, 1.165) is 4.47 Å². The first-order chi connectivity index (χ1) is 13.1. The second-order valence-electron chi connectivity index (χ2n) is 5.69. The molecule has 0 radical (unpaired) electrons. The molecule has 0 aliphatic heterocycles. The molecule has 0 fully saturated rings. The number of hydrogen-bond acceptors (Lipinski definition) is 3. The van der Waals surface area contributed by atoms with Gasteiger partial charge in [-0.1, -0.05) is 40.2 Å². The predicted molar refractivity (Wildman–Crippen MR) is 109 cm³/mol.